The summed E-state index contributed by atoms with van der Waals surface area (Å²) >= 11 is 0. The minimum atomic E-state index is -0.0843. The molecule has 0 bridgehead atoms. The van der Waals surface area contributed by atoms with Crippen molar-refractivity contribution in [1.29, 1.82) is 0 Å². The molecule has 0 aliphatic carbocycles. The molecule has 1 aromatic heterocycles. The van der Waals surface area contributed by atoms with E-state index in [1.807, 2.05) is 49.4 Å². The van der Waals surface area contributed by atoms with Gasteiger partial charge in [0, 0.05) is 36.8 Å². The van der Waals surface area contributed by atoms with Crippen molar-refractivity contribution in [3.05, 3.63) is 53.7 Å². The van der Waals surface area contributed by atoms with E-state index in [1.54, 1.807) is 11.0 Å². The molecule has 0 spiro atoms. The Hall–Kier alpha value is -2.89. The van der Waals surface area contributed by atoms with Gasteiger partial charge in [-0.2, -0.15) is 5.10 Å². The van der Waals surface area contributed by atoms with Gasteiger partial charge in [-0.05, 0) is 30.9 Å². The van der Waals surface area contributed by atoms with E-state index in [0.717, 1.165) is 17.7 Å². The van der Waals surface area contributed by atoms with Crippen molar-refractivity contribution in [3.8, 4) is 0 Å². The summed E-state index contributed by atoms with van der Waals surface area (Å²) in [6.07, 6.45) is 5.61. The predicted octanol–water partition coefficient (Wildman–Crippen LogP) is 2.86. The van der Waals surface area contributed by atoms with Gasteiger partial charge in [0.15, 0.2) is 5.82 Å². The number of aryl methyl sites for hydroxylation is 1. The molecule has 0 saturated carbocycles. The number of amides is 2. The molecule has 3 rings (SSSR count). The molecular weight excluding hydrogens is 328 g/mol. The van der Waals surface area contributed by atoms with Gasteiger partial charge in [-0.1, -0.05) is 37.3 Å². The topological polar surface area (TPSA) is 78.1 Å². The summed E-state index contributed by atoms with van der Waals surface area (Å²) in [5.74, 6) is 0.453. The van der Waals surface area contributed by atoms with Crippen molar-refractivity contribution in [3.63, 3.8) is 0 Å². The average Bonchev–Trinajstić information content (AvgIpc) is 3.14. The number of nitrogens with zero attached hydrogens (tertiary/aromatic N) is 2. The molecule has 2 aromatic rings. The van der Waals surface area contributed by atoms with Crippen LogP contribution in [-0.4, -0.2) is 40.0 Å². The molecule has 1 aromatic carbocycles. The molecule has 0 radical (unpaired) electrons. The number of nitrogens with one attached hydrogen (secondary N) is 2. The zero-order valence-electron chi connectivity index (χ0n) is 14.9. The Kier molecular flexibility index (Phi) is 5.84. The van der Waals surface area contributed by atoms with Gasteiger partial charge >= 0.3 is 0 Å². The fourth-order valence-electron chi connectivity index (χ4n) is 3.03. The number of rotatable bonds is 5. The Morgan fingerprint density at radius 1 is 1.27 bits per heavy atom. The number of aromatic amines is 1. The Morgan fingerprint density at radius 2 is 2.00 bits per heavy atom. The summed E-state index contributed by atoms with van der Waals surface area (Å²) in [5, 5.41) is 9.83. The number of carbonyl (C=O) groups excluding carboxylic acids is 2. The van der Waals surface area contributed by atoms with Gasteiger partial charge < -0.3 is 10.2 Å². The lowest BCUT2D eigenvalue weighted by Crippen LogP contribution is -2.40. The first-order valence-electron chi connectivity index (χ1n) is 9.03. The van der Waals surface area contributed by atoms with Gasteiger partial charge in [0.05, 0.1) is 0 Å². The number of likely N-dealkylation sites (tertiary alicyclic amines) is 1. The number of piperidine rings is 1. The van der Waals surface area contributed by atoms with Gasteiger partial charge in [-0.3, -0.25) is 14.7 Å². The maximum absolute atomic E-state index is 12.4. The smallest absolute Gasteiger partial charge is 0.246 e. The third kappa shape index (κ3) is 4.59. The highest BCUT2D eigenvalue weighted by Gasteiger charge is 2.26. The summed E-state index contributed by atoms with van der Waals surface area (Å²) in [5.41, 5.74) is 1.99. The SMILES string of the molecule is CCc1cc(NC(=O)C2CCN(C(=O)/C=C\c3ccccc3)CC2)n[nH]1. The van der Waals surface area contributed by atoms with Gasteiger partial charge in [0.2, 0.25) is 11.8 Å². The normalized spacial score (nSPS) is 15.3. The second kappa shape index (κ2) is 8.47. The fraction of sp³-hybridized carbons (Fsp3) is 0.350. The largest absolute Gasteiger partial charge is 0.339 e. The summed E-state index contributed by atoms with van der Waals surface area (Å²) in [6, 6.07) is 11.6. The monoisotopic (exact) mass is 352 g/mol. The number of carbonyl (C=O) groups is 2. The minimum Gasteiger partial charge on any atom is -0.339 e. The van der Waals surface area contributed by atoms with Crippen LogP contribution in [0.2, 0.25) is 0 Å². The number of H-pyrrole nitrogens is 1. The number of benzene rings is 1. The quantitative estimate of drug-likeness (QED) is 0.812. The van der Waals surface area contributed by atoms with E-state index in [-0.39, 0.29) is 17.7 Å². The lowest BCUT2D eigenvalue weighted by Gasteiger charge is -2.30. The van der Waals surface area contributed by atoms with Crippen molar-refractivity contribution < 1.29 is 9.59 Å². The third-order valence-corrected chi connectivity index (χ3v) is 4.66. The van der Waals surface area contributed by atoms with Crippen LogP contribution in [0.3, 0.4) is 0 Å². The number of hydrogen-bond donors (Lipinski definition) is 2. The van der Waals surface area contributed by atoms with Crippen LogP contribution in [0.5, 0.6) is 0 Å². The van der Waals surface area contributed by atoms with E-state index in [4.69, 9.17) is 0 Å². The van der Waals surface area contributed by atoms with Crippen molar-refractivity contribution in [2.45, 2.75) is 26.2 Å². The van der Waals surface area contributed by atoms with E-state index in [9.17, 15) is 9.59 Å². The maximum atomic E-state index is 12.4. The van der Waals surface area contributed by atoms with E-state index in [0.29, 0.717) is 31.7 Å². The number of aromatic nitrogens is 2. The number of hydrogen-bond acceptors (Lipinski definition) is 3. The first kappa shape index (κ1) is 17.9. The van der Waals surface area contributed by atoms with Crippen molar-refractivity contribution in [2.24, 2.45) is 5.92 Å². The van der Waals surface area contributed by atoms with Gasteiger partial charge in [0.1, 0.15) is 0 Å². The van der Waals surface area contributed by atoms with Crippen LogP contribution in [0.25, 0.3) is 6.08 Å². The van der Waals surface area contributed by atoms with Gasteiger partial charge in [-0.25, -0.2) is 0 Å². The highest BCUT2D eigenvalue weighted by molar-refractivity contribution is 5.93. The molecule has 2 amide bonds. The minimum absolute atomic E-state index is 0.00685. The first-order valence-corrected chi connectivity index (χ1v) is 9.03. The molecule has 1 aliphatic rings. The second-order valence-corrected chi connectivity index (χ2v) is 6.46. The summed E-state index contributed by atoms with van der Waals surface area (Å²) in [7, 11) is 0. The van der Waals surface area contributed by atoms with E-state index in [2.05, 4.69) is 15.5 Å². The molecule has 136 valence electrons. The van der Waals surface area contributed by atoms with Crippen molar-refractivity contribution >= 4 is 23.7 Å². The summed E-state index contributed by atoms with van der Waals surface area (Å²) in [6.45, 7) is 3.21. The standard InChI is InChI=1S/C20H24N4O2/c1-2-17-14-18(23-22-17)21-20(26)16-10-12-24(13-11-16)19(25)9-8-15-6-4-3-5-7-15/h3-9,14,16H,2,10-13H2,1H3,(H2,21,22,23,26)/b9-8-. The molecule has 0 atom stereocenters. The first-order chi connectivity index (χ1) is 12.7. The highest BCUT2D eigenvalue weighted by Crippen LogP contribution is 2.20. The van der Waals surface area contributed by atoms with E-state index in [1.165, 1.54) is 0 Å². The molecule has 0 unspecified atom stereocenters. The van der Waals surface area contributed by atoms with Crippen LogP contribution in [-0.2, 0) is 16.0 Å². The Bertz CT molecular complexity index is 774. The molecule has 1 fully saturated rings. The van der Waals surface area contributed by atoms with Crippen LogP contribution in [0.15, 0.2) is 42.5 Å². The summed E-state index contributed by atoms with van der Waals surface area (Å²) in [4.78, 5) is 26.5. The van der Waals surface area contributed by atoms with Crippen LogP contribution >= 0.6 is 0 Å². The Labute approximate surface area is 153 Å². The third-order valence-electron chi connectivity index (χ3n) is 4.66. The fourth-order valence-corrected chi connectivity index (χ4v) is 3.03. The molecule has 6 nitrogen and oxygen atoms in total. The maximum Gasteiger partial charge on any atom is 0.246 e. The Morgan fingerprint density at radius 3 is 2.65 bits per heavy atom. The second-order valence-electron chi connectivity index (χ2n) is 6.46. The number of anilines is 1. The molecular formula is C20H24N4O2. The van der Waals surface area contributed by atoms with Gasteiger partial charge in [0.25, 0.3) is 0 Å². The molecule has 1 saturated heterocycles. The lowest BCUT2D eigenvalue weighted by atomic mass is 9.96. The van der Waals surface area contributed by atoms with Crippen LogP contribution in [0.4, 0.5) is 5.82 Å². The van der Waals surface area contributed by atoms with Crippen LogP contribution in [0.1, 0.15) is 31.0 Å². The van der Waals surface area contributed by atoms with Crippen molar-refractivity contribution in [1.82, 2.24) is 15.1 Å². The Balaban J connectivity index is 1.48. The average molecular weight is 352 g/mol. The van der Waals surface area contributed by atoms with Crippen LogP contribution < -0.4 is 5.32 Å². The zero-order valence-corrected chi connectivity index (χ0v) is 14.9. The predicted molar refractivity (Wildman–Crippen MR) is 101 cm³/mol. The molecule has 2 N–H and O–H groups in total. The lowest BCUT2D eigenvalue weighted by molar-refractivity contribution is -0.130. The molecule has 1 aliphatic heterocycles. The summed E-state index contributed by atoms with van der Waals surface area (Å²) < 4.78 is 0. The molecule has 26 heavy (non-hydrogen) atoms. The highest BCUT2D eigenvalue weighted by atomic mass is 16.2. The molecule has 6 heteroatoms. The van der Waals surface area contributed by atoms with Crippen molar-refractivity contribution in [2.75, 3.05) is 18.4 Å². The molecule has 2 heterocycles. The van der Waals surface area contributed by atoms with Crippen LogP contribution in [0, 0.1) is 5.92 Å². The van der Waals surface area contributed by atoms with Gasteiger partial charge in [-0.15, -0.1) is 0 Å². The zero-order chi connectivity index (χ0) is 18.4. The van der Waals surface area contributed by atoms with E-state index >= 15 is 0 Å². The van der Waals surface area contributed by atoms with E-state index < -0.39 is 0 Å².